The van der Waals surface area contributed by atoms with Crippen molar-refractivity contribution in [2.75, 3.05) is 44.7 Å². The number of nitrogens with two attached hydrogens (primary N) is 1. The summed E-state index contributed by atoms with van der Waals surface area (Å²) in [5.41, 5.74) is 7.55. The summed E-state index contributed by atoms with van der Waals surface area (Å²) >= 11 is 0. The first-order valence-electron chi connectivity index (χ1n) is 11.4. The molecule has 2 saturated heterocycles. The quantitative estimate of drug-likeness (QED) is 0.668. The summed E-state index contributed by atoms with van der Waals surface area (Å²) in [5, 5.41) is 7.43. The van der Waals surface area contributed by atoms with Crippen molar-refractivity contribution in [2.24, 2.45) is 11.7 Å². The van der Waals surface area contributed by atoms with E-state index in [1.807, 2.05) is 29.0 Å². The van der Waals surface area contributed by atoms with Crippen LogP contribution in [0, 0.1) is 17.8 Å². The van der Waals surface area contributed by atoms with Gasteiger partial charge in [-0.2, -0.15) is 5.10 Å². The monoisotopic (exact) mass is 436 g/mol. The highest BCUT2D eigenvalue weighted by molar-refractivity contribution is 5.79. The summed E-state index contributed by atoms with van der Waals surface area (Å²) in [7, 11) is 1.86. The fourth-order valence-corrected chi connectivity index (χ4v) is 4.40. The van der Waals surface area contributed by atoms with Gasteiger partial charge in [-0.25, -0.2) is 9.97 Å². The van der Waals surface area contributed by atoms with E-state index in [0.29, 0.717) is 31.0 Å². The molecule has 0 aliphatic carbocycles. The van der Waals surface area contributed by atoms with Gasteiger partial charge in [0.2, 0.25) is 11.9 Å². The molecule has 32 heavy (non-hydrogen) atoms. The van der Waals surface area contributed by atoms with E-state index in [4.69, 9.17) is 5.73 Å². The third kappa shape index (κ3) is 5.26. The van der Waals surface area contributed by atoms with Gasteiger partial charge in [0, 0.05) is 62.8 Å². The molecule has 2 fully saturated rings. The fourth-order valence-electron chi connectivity index (χ4n) is 4.40. The Bertz CT molecular complexity index is 944. The molecule has 0 saturated carbocycles. The third-order valence-corrected chi connectivity index (χ3v) is 6.30. The Labute approximate surface area is 189 Å². The minimum atomic E-state index is 0.0861. The highest BCUT2D eigenvalue weighted by Crippen LogP contribution is 2.27. The lowest BCUT2D eigenvalue weighted by molar-refractivity contribution is -0.137. The molecule has 4 heterocycles. The fraction of sp³-hybridized carbons (Fsp3) is 0.565. The van der Waals surface area contributed by atoms with E-state index in [1.54, 1.807) is 12.4 Å². The zero-order chi connectivity index (χ0) is 22.3. The predicted molar refractivity (Wildman–Crippen MR) is 123 cm³/mol. The zero-order valence-corrected chi connectivity index (χ0v) is 18.7. The van der Waals surface area contributed by atoms with E-state index in [0.717, 1.165) is 63.0 Å². The maximum Gasteiger partial charge on any atom is 0.225 e. The maximum atomic E-state index is 13.1. The van der Waals surface area contributed by atoms with E-state index in [1.165, 1.54) is 0 Å². The first-order valence-corrected chi connectivity index (χ1v) is 11.4. The second-order valence-electron chi connectivity index (χ2n) is 8.45. The Morgan fingerprint density at radius 1 is 1.12 bits per heavy atom. The van der Waals surface area contributed by atoms with Crippen molar-refractivity contribution in [3.63, 3.8) is 0 Å². The van der Waals surface area contributed by atoms with Crippen molar-refractivity contribution >= 4 is 11.9 Å². The van der Waals surface area contributed by atoms with Crippen LogP contribution in [-0.4, -0.2) is 70.3 Å². The number of piperidine rings is 2. The molecular weight excluding hydrogens is 404 g/mol. The van der Waals surface area contributed by atoms with Gasteiger partial charge in [0.15, 0.2) is 0 Å². The van der Waals surface area contributed by atoms with E-state index in [-0.39, 0.29) is 5.92 Å². The number of aromatic nitrogens is 4. The van der Waals surface area contributed by atoms with Gasteiger partial charge in [0.25, 0.3) is 0 Å². The Kier molecular flexibility index (Phi) is 7.35. The first-order chi connectivity index (χ1) is 15.7. The number of nitrogens with one attached hydrogen (secondary N) is 1. The van der Waals surface area contributed by atoms with Crippen molar-refractivity contribution in [3.05, 3.63) is 35.9 Å². The molecule has 0 spiro atoms. The van der Waals surface area contributed by atoms with Crippen LogP contribution in [0.2, 0.25) is 0 Å². The average molecular weight is 437 g/mol. The van der Waals surface area contributed by atoms with E-state index >= 15 is 0 Å². The highest BCUT2D eigenvalue weighted by atomic mass is 16.2. The molecule has 2 aliphatic heterocycles. The van der Waals surface area contributed by atoms with Gasteiger partial charge in [0.1, 0.15) is 0 Å². The predicted octanol–water partition coefficient (Wildman–Crippen LogP) is 0.783. The number of hydrogen-bond acceptors (Lipinski definition) is 7. The SMILES string of the molecule is CNCC#Cc1cnc(N2CCC(C(=O)N3CCC(n4cc(CN)cn4)CC3)CC2)nc1. The smallest absolute Gasteiger partial charge is 0.225 e. The second kappa shape index (κ2) is 10.6. The number of amides is 1. The van der Waals surface area contributed by atoms with Crippen LogP contribution < -0.4 is 16.0 Å². The molecule has 2 aliphatic rings. The molecule has 0 unspecified atom stereocenters. The van der Waals surface area contributed by atoms with Gasteiger partial charge in [-0.15, -0.1) is 0 Å². The Balaban J connectivity index is 1.24. The van der Waals surface area contributed by atoms with Gasteiger partial charge < -0.3 is 20.9 Å². The summed E-state index contributed by atoms with van der Waals surface area (Å²) < 4.78 is 2.01. The molecular formula is C23H32N8O. The van der Waals surface area contributed by atoms with Crippen LogP contribution in [0.4, 0.5) is 5.95 Å². The standard InChI is InChI=1S/C23H32N8O/c1-25-8-2-3-18-14-26-23(27-15-18)30-9-4-20(5-10-30)22(32)29-11-6-21(7-12-29)31-17-19(13-24)16-28-31/h14-17,20-21,25H,4-13,24H2,1H3. The molecule has 0 aromatic carbocycles. The number of anilines is 1. The topological polar surface area (TPSA) is 105 Å². The van der Waals surface area contributed by atoms with Gasteiger partial charge in [-0.3, -0.25) is 9.48 Å². The third-order valence-electron chi connectivity index (χ3n) is 6.30. The molecule has 9 nitrogen and oxygen atoms in total. The summed E-state index contributed by atoms with van der Waals surface area (Å²) in [4.78, 5) is 26.2. The lowest BCUT2D eigenvalue weighted by Crippen LogP contribution is -2.46. The largest absolute Gasteiger partial charge is 0.342 e. The summed E-state index contributed by atoms with van der Waals surface area (Å²) in [6.07, 6.45) is 10.9. The lowest BCUT2D eigenvalue weighted by Gasteiger charge is -2.37. The zero-order valence-electron chi connectivity index (χ0n) is 18.7. The van der Waals surface area contributed by atoms with Crippen LogP contribution in [-0.2, 0) is 11.3 Å². The van der Waals surface area contributed by atoms with Crippen LogP contribution >= 0.6 is 0 Å². The molecule has 4 rings (SSSR count). The van der Waals surface area contributed by atoms with Gasteiger partial charge in [-0.1, -0.05) is 11.8 Å². The number of rotatable bonds is 5. The van der Waals surface area contributed by atoms with Crippen molar-refractivity contribution in [1.29, 1.82) is 0 Å². The number of likely N-dealkylation sites (tertiary alicyclic amines) is 1. The summed E-state index contributed by atoms with van der Waals surface area (Å²) in [6.45, 7) is 4.33. The number of carbonyl (C=O) groups is 1. The van der Waals surface area contributed by atoms with E-state index < -0.39 is 0 Å². The van der Waals surface area contributed by atoms with Gasteiger partial charge in [0.05, 0.1) is 24.3 Å². The maximum absolute atomic E-state index is 13.1. The molecule has 2 aromatic heterocycles. The number of hydrogen-bond donors (Lipinski definition) is 2. The van der Waals surface area contributed by atoms with Crippen LogP contribution in [0.15, 0.2) is 24.8 Å². The van der Waals surface area contributed by atoms with Crippen molar-refractivity contribution < 1.29 is 4.79 Å². The normalized spacial score (nSPS) is 17.8. The van der Waals surface area contributed by atoms with Crippen LogP contribution in [0.25, 0.3) is 0 Å². The molecule has 0 bridgehead atoms. The molecule has 0 atom stereocenters. The van der Waals surface area contributed by atoms with Crippen molar-refractivity contribution in [1.82, 2.24) is 30.0 Å². The highest BCUT2D eigenvalue weighted by Gasteiger charge is 2.32. The van der Waals surface area contributed by atoms with Gasteiger partial charge in [-0.05, 0) is 32.7 Å². The van der Waals surface area contributed by atoms with E-state index in [9.17, 15) is 4.79 Å². The van der Waals surface area contributed by atoms with Crippen molar-refractivity contribution in [3.8, 4) is 11.8 Å². The van der Waals surface area contributed by atoms with Crippen LogP contribution in [0.1, 0.15) is 42.9 Å². The molecule has 9 heteroatoms. The molecule has 3 N–H and O–H groups in total. The summed E-state index contributed by atoms with van der Waals surface area (Å²) in [6, 6.07) is 0.351. The molecule has 1 amide bonds. The van der Waals surface area contributed by atoms with Crippen LogP contribution in [0.5, 0.6) is 0 Å². The Morgan fingerprint density at radius 3 is 2.47 bits per heavy atom. The number of carbonyl (C=O) groups excluding carboxylic acids is 1. The minimum absolute atomic E-state index is 0.0861. The second-order valence-corrected chi connectivity index (χ2v) is 8.45. The number of nitrogens with zero attached hydrogens (tertiary/aromatic N) is 6. The summed E-state index contributed by atoms with van der Waals surface area (Å²) in [5.74, 6) is 7.14. The average Bonchev–Trinajstić information content (AvgIpc) is 3.34. The van der Waals surface area contributed by atoms with Crippen molar-refractivity contribution in [2.45, 2.75) is 38.3 Å². The first kappa shape index (κ1) is 22.2. The Morgan fingerprint density at radius 2 is 1.84 bits per heavy atom. The Hall–Kier alpha value is -2.96. The van der Waals surface area contributed by atoms with E-state index in [2.05, 4.69) is 37.1 Å². The van der Waals surface area contributed by atoms with Crippen LogP contribution in [0.3, 0.4) is 0 Å². The molecule has 170 valence electrons. The van der Waals surface area contributed by atoms with Gasteiger partial charge >= 0.3 is 0 Å². The molecule has 2 aromatic rings. The molecule has 0 radical (unpaired) electrons. The minimum Gasteiger partial charge on any atom is -0.342 e. The lowest BCUT2D eigenvalue weighted by atomic mass is 9.94.